The summed E-state index contributed by atoms with van der Waals surface area (Å²) in [4.78, 5) is 5.06. The Morgan fingerprint density at radius 3 is 2.60 bits per heavy atom. The Kier molecular flexibility index (Phi) is 4.62. The van der Waals surface area contributed by atoms with Crippen LogP contribution in [0.1, 0.15) is 44.9 Å². The number of nitrogens with zero attached hydrogens (tertiary/aromatic N) is 2. The van der Waals surface area contributed by atoms with Crippen molar-refractivity contribution in [2.75, 3.05) is 26.2 Å². The fraction of sp³-hybridized carbons (Fsp3) is 0.667. The minimum absolute atomic E-state index is 0.935. The maximum atomic E-state index is 4.06. The van der Waals surface area contributed by atoms with Gasteiger partial charge in [-0.3, -0.25) is 4.90 Å². The average Bonchev–Trinajstić information content (AvgIpc) is 2.41. The van der Waals surface area contributed by atoms with Crippen LogP contribution in [0.4, 0.5) is 0 Å². The quantitative estimate of drug-likeness (QED) is 0.751. The molecule has 2 nitrogen and oxygen atoms in total. The van der Waals surface area contributed by atoms with E-state index in [4.69, 9.17) is 0 Å². The third-order valence-electron chi connectivity index (χ3n) is 4.97. The van der Waals surface area contributed by atoms with Gasteiger partial charge in [-0.1, -0.05) is 38.7 Å². The van der Waals surface area contributed by atoms with E-state index in [0.29, 0.717) is 0 Å². The monoisotopic (exact) mass is 272 g/mol. The van der Waals surface area contributed by atoms with Crippen LogP contribution in [0.3, 0.4) is 0 Å². The summed E-state index contributed by atoms with van der Waals surface area (Å²) in [5, 5.41) is 0. The molecule has 0 bridgehead atoms. The number of allylic oxidation sites excluding steroid dienone is 3. The molecule has 2 heterocycles. The van der Waals surface area contributed by atoms with Gasteiger partial charge in [-0.05, 0) is 36.5 Å². The topological polar surface area (TPSA) is 6.48 Å². The van der Waals surface area contributed by atoms with Crippen molar-refractivity contribution in [3.63, 3.8) is 0 Å². The van der Waals surface area contributed by atoms with Gasteiger partial charge in [0.25, 0.3) is 0 Å². The van der Waals surface area contributed by atoms with Crippen molar-refractivity contribution in [1.29, 1.82) is 0 Å². The molecule has 110 valence electrons. The van der Waals surface area contributed by atoms with Crippen LogP contribution >= 0.6 is 0 Å². The molecule has 20 heavy (non-hydrogen) atoms. The zero-order valence-electron chi connectivity index (χ0n) is 12.7. The smallest absolute Gasteiger partial charge is 0.0388 e. The van der Waals surface area contributed by atoms with Crippen LogP contribution in [0.15, 0.2) is 36.2 Å². The fourth-order valence-electron chi connectivity index (χ4n) is 3.78. The summed E-state index contributed by atoms with van der Waals surface area (Å²) in [7, 11) is 0. The molecular formula is C18H28N2. The first-order valence-corrected chi connectivity index (χ1v) is 8.38. The number of hydrogen-bond acceptors (Lipinski definition) is 2. The lowest BCUT2D eigenvalue weighted by molar-refractivity contribution is 0.168. The Morgan fingerprint density at radius 1 is 1.05 bits per heavy atom. The molecule has 1 saturated heterocycles. The molecule has 2 fully saturated rings. The van der Waals surface area contributed by atoms with Crippen molar-refractivity contribution in [2.24, 2.45) is 5.92 Å². The van der Waals surface area contributed by atoms with Gasteiger partial charge in [0, 0.05) is 38.1 Å². The number of fused-ring (bicyclic) bond motifs is 1. The van der Waals surface area contributed by atoms with Crippen molar-refractivity contribution < 1.29 is 0 Å². The van der Waals surface area contributed by atoms with Crippen LogP contribution < -0.4 is 0 Å². The molecule has 0 spiro atoms. The summed E-state index contributed by atoms with van der Waals surface area (Å²) in [5.74, 6) is 0.935. The Balaban J connectivity index is 1.54. The molecule has 0 aromatic rings. The van der Waals surface area contributed by atoms with Crippen LogP contribution in [0.2, 0.25) is 0 Å². The van der Waals surface area contributed by atoms with Crippen molar-refractivity contribution in [3.8, 4) is 0 Å². The maximum Gasteiger partial charge on any atom is 0.0388 e. The zero-order valence-corrected chi connectivity index (χ0v) is 12.7. The van der Waals surface area contributed by atoms with Crippen LogP contribution in [-0.4, -0.2) is 36.0 Å². The van der Waals surface area contributed by atoms with Crippen LogP contribution in [0, 0.1) is 5.92 Å². The third kappa shape index (κ3) is 3.54. The van der Waals surface area contributed by atoms with Crippen molar-refractivity contribution in [2.45, 2.75) is 44.9 Å². The van der Waals surface area contributed by atoms with Gasteiger partial charge >= 0.3 is 0 Å². The average molecular weight is 272 g/mol. The lowest BCUT2D eigenvalue weighted by atomic mass is 9.90. The summed E-state index contributed by atoms with van der Waals surface area (Å²) in [6, 6.07) is 0. The van der Waals surface area contributed by atoms with Gasteiger partial charge in [0.1, 0.15) is 0 Å². The second kappa shape index (κ2) is 6.62. The second-order valence-corrected chi connectivity index (χ2v) is 6.67. The molecule has 0 aromatic carbocycles. The van der Waals surface area contributed by atoms with E-state index in [1.165, 1.54) is 63.7 Å². The van der Waals surface area contributed by atoms with Crippen molar-refractivity contribution >= 4 is 0 Å². The highest BCUT2D eigenvalue weighted by molar-refractivity contribution is 5.36. The van der Waals surface area contributed by atoms with Crippen LogP contribution in [-0.2, 0) is 0 Å². The van der Waals surface area contributed by atoms with Crippen LogP contribution in [0.5, 0.6) is 0 Å². The van der Waals surface area contributed by atoms with Gasteiger partial charge in [-0.2, -0.15) is 0 Å². The first-order valence-electron chi connectivity index (χ1n) is 8.38. The van der Waals surface area contributed by atoms with Gasteiger partial charge in [0.05, 0.1) is 0 Å². The number of rotatable bonds is 2. The van der Waals surface area contributed by atoms with Crippen LogP contribution in [0.25, 0.3) is 0 Å². The van der Waals surface area contributed by atoms with Gasteiger partial charge in [0.15, 0.2) is 0 Å². The number of piperazine rings is 1. The van der Waals surface area contributed by atoms with E-state index < -0.39 is 0 Å². The summed E-state index contributed by atoms with van der Waals surface area (Å²) in [6.07, 6.45) is 16.8. The SMILES string of the molecule is C=C1C=CN2CCN(CC3CCCCCCC3)CC2=C1. The molecular weight excluding hydrogens is 244 g/mol. The highest BCUT2D eigenvalue weighted by atomic mass is 15.3. The largest absolute Gasteiger partial charge is 0.349 e. The molecule has 0 N–H and O–H groups in total. The lowest BCUT2D eigenvalue weighted by Crippen LogP contribution is -2.45. The number of hydrogen-bond donors (Lipinski definition) is 0. The Morgan fingerprint density at radius 2 is 1.80 bits per heavy atom. The van der Waals surface area contributed by atoms with E-state index in [-0.39, 0.29) is 0 Å². The first kappa shape index (κ1) is 13.9. The highest BCUT2D eigenvalue weighted by Gasteiger charge is 2.23. The molecule has 1 aliphatic carbocycles. The standard InChI is InChI=1S/C18H28N2/c1-16-9-10-20-12-11-19(15-18(20)13-16)14-17-7-5-3-2-4-6-8-17/h9-10,13,17H,1-8,11-12,14-15H2. The molecule has 0 amide bonds. The molecule has 2 aliphatic heterocycles. The van der Waals surface area contributed by atoms with Gasteiger partial charge in [-0.15, -0.1) is 0 Å². The van der Waals surface area contributed by atoms with Gasteiger partial charge < -0.3 is 4.90 Å². The molecule has 3 rings (SSSR count). The zero-order chi connectivity index (χ0) is 13.8. The van der Waals surface area contributed by atoms with E-state index in [2.05, 4.69) is 34.7 Å². The lowest BCUT2D eigenvalue weighted by Gasteiger charge is -2.39. The minimum atomic E-state index is 0.935. The fourth-order valence-corrected chi connectivity index (χ4v) is 3.78. The van der Waals surface area contributed by atoms with E-state index >= 15 is 0 Å². The van der Waals surface area contributed by atoms with E-state index in [1.54, 1.807) is 0 Å². The second-order valence-electron chi connectivity index (χ2n) is 6.67. The van der Waals surface area contributed by atoms with Crippen molar-refractivity contribution in [3.05, 3.63) is 36.2 Å². The van der Waals surface area contributed by atoms with E-state index in [1.807, 2.05) is 0 Å². The Hall–Kier alpha value is -1.02. The Bertz CT molecular complexity index is 400. The van der Waals surface area contributed by atoms with E-state index in [9.17, 15) is 0 Å². The first-order chi connectivity index (χ1) is 9.81. The predicted octanol–water partition coefficient (Wildman–Crippen LogP) is 3.93. The summed E-state index contributed by atoms with van der Waals surface area (Å²) in [6.45, 7) is 8.83. The summed E-state index contributed by atoms with van der Waals surface area (Å²) < 4.78 is 0. The highest BCUT2D eigenvalue weighted by Crippen LogP contribution is 2.26. The normalized spacial score (nSPS) is 25.9. The minimum Gasteiger partial charge on any atom is -0.349 e. The molecule has 2 heteroatoms. The molecule has 3 aliphatic rings. The maximum absolute atomic E-state index is 4.06. The summed E-state index contributed by atoms with van der Waals surface area (Å²) >= 11 is 0. The Labute approximate surface area is 123 Å². The van der Waals surface area contributed by atoms with E-state index in [0.717, 1.165) is 24.6 Å². The predicted molar refractivity (Wildman–Crippen MR) is 85.3 cm³/mol. The summed E-state index contributed by atoms with van der Waals surface area (Å²) in [5.41, 5.74) is 2.58. The molecule has 0 radical (unpaired) electrons. The van der Waals surface area contributed by atoms with Gasteiger partial charge in [-0.25, -0.2) is 0 Å². The molecule has 0 atom stereocenters. The molecule has 0 aromatic heterocycles. The third-order valence-corrected chi connectivity index (χ3v) is 4.97. The van der Waals surface area contributed by atoms with Gasteiger partial charge in [0.2, 0.25) is 0 Å². The molecule has 1 saturated carbocycles. The van der Waals surface area contributed by atoms with Crippen molar-refractivity contribution in [1.82, 2.24) is 9.80 Å². The molecule has 0 unspecified atom stereocenters.